The predicted molar refractivity (Wildman–Crippen MR) is 67.6 cm³/mol. The smallest absolute Gasteiger partial charge is 0.110 e. The second kappa shape index (κ2) is 4.11. The lowest BCUT2D eigenvalue weighted by atomic mass is 10.1. The molecule has 0 aliphatic heterocycles. The molecular formula is C13H20N2S. The van der Waals surface area contributed by atoms with E-state index in [9.17, 15) is 0 Å². The Morgan fingerprint density at radius 2 is 2.00 bits per heavy atom. The van der Waals surface area contributed by atoms with Crippen molar-refractivity contribution in [3.05, 3.63) is 16.1 Å². The van der Waals surface area contributed by atoms with Crippen LogP contribution in [0.3, 0.4) is 0 Å². The van der Waals surface area contributed by atoms with Crippen molar-refractivity contribution in [2.24, 2.45) is 11.8 Å². The summed E-state index contributed by atoms with van der Waals surface area (Å²) >= 11 is 1.86. The molecule has 2 atom stereocenters. The molecule has 2 aliphatic carbocycles. The standard InChI is InChI=1S/C13H20N2S/c1-8-7-14-13(16-8)12(11-5-6-11)15-9(2)10-3-4-10/h7,9-12,15H,3-6H2,1-2H3/t9-,12+/m1/s1. The van der Waals surface area contributed by atoms with Gasteiger partial charge in [0.15, 0.2) is 0 Å². The molecule has 0 amide bonds. The molecule has 0 saturated heterocycles. The molecule has 16 heavy (non-hydrogen) atoms. The van der Waals surface area contributed by atoms with E-state index in [1.54, 1.807) is 0 Å². The first-order valence-corrected chi connectivity index (χ1v) is 7.24. The van der Waals surface area contributed by atoms with E-state index in [2.05, 4.69) is 24.1 Å². The van der Waals surface area contributed by atoms with Crippen LogP contribution in [0.25, 0.3) is 0 Å². The average molecular weight is 236 g/mol. The second-order valence-corrected chi connectivity index (χ2v) is 6.68. The zero-order chi connectivity index (χ0) is 11.1. The van der Waals surface area contributed by atoms with Crippen molar-refractivity contribution < 1.29 is 0 Å². The van der Waals surface area contributed by atoms with Crippen LogP contribution in [-0.4, -0.2) is 11.0 Å². The third kappa shape index (κ3) is 2.30. The van der Waals surface area contributed by atoms with Crippen molar-refractivity contribution >= 4 is 11.3 Å². The summed E-state index contributed by atoms with van der Waals surface area (Å²) in [6, 6.07) is 1.21. The van der Waals surface area contributed by atoms with Crippen LogP contribution in [0.4, 0.5) is 0 Å². The third-order valence-corrected chi connectivity index (χ3v) is 4.77. The van der Waals surface area contributed by atoms with Gasteiger partial charge in [0.05, 0.1) is 6.04 Å². The zero-order valence-corrected chi connectivity index (χ0v) is 10.9. The van der Waals surface area contributed by atoms with Crippen LogP contribution < -0.4 is 5.32 Å². The molecule has 1 N–H and O–H groups in total. The molecule has 3 heteroatoms. The monoisotopic (exact) mass is 236 g/mol. The minimum Gasteiger partial charge on any atom is -0.305 e. The molecule has 2 fully saturated rings. The van der Waals surface area contributed by atoms with Crippen LogP contribution in [0.1, 0.15) is 48.5 Å². The highest BCUT2D eigenvalue weighted by molar-refractivity contribution is 7.11. The van der Waals surface area contributed by atoms with Gasteiger partial charge in [0.25, 0.3) is 0 Å². The number of aromatic nitrogens is 1. The first-order chi connectivity index (χ1) is 7.74. The van der Waals surface area contributed by atoms with Crippen LogP contribution in [0.15, 0.2) is 6.20 Å². The Hall–Kier alpha value is -0.410. The highest BCUT2D eigenvalue weighted by Crippen LogP contribution is 2.43. The normalized spacial score (nSPS) is 24.4. The van der Waals surface area contributed by atoms with E-state index in [4.69, 9.17) is 0 Å². The quantitative estimate of drug-likeness (QED) is 0.848. The largest absolute Gasteiger partial charge is 0.305 e. The van der Waals surface area contributed by atoms with E-state index in [1.807, 2.05) is 17.5 Å². The first kappa shape index (κ1) is 10.7. The SMILES string of the molecule is Cc1cnc([C@@H](N[C@H](C)C2CC2)C2CC2)s1. The Bertz CT molecular complexity index is 366. The molecule has 0 unspecified atom stereocenters. The lowest BCUT2D eigenvalue weighted by Gasteiger charge is -2.21. The van der Waals surface area contributed by atoms with Crippen molar-refractivity contribution in [2.75, 3.05) is 0 Å². The minimum atomic E-state index is 0.536. The molecule has 1 aromatic heterocycles. The van der Waals surface area contributed by atoms with Gasteiger partial charge in [-0.05, 0) is 51.4 Å². The Labute approximate surface area is 101 Å². The third-order valence-electron chi connectivity index (χ3n) is 3.77. The van der Waals surface area contributed by atoms with Crippen LogP contribution in [0, 0.1) is 18.8 Å². The minimum absolute atomic E-state index is 0.536. The molecule has 1 aromatic rings. The molecule has 88 valence electrons. The molecular weight excluding hydrogens is 216 g/mol. The van der Waals surface area contributed by atoms with Crippen molar-refractivity contribution in [2.45, 2.75) is 51.6 Å². The highest BCUT2D eigenvalue weighted by Gasteiger charge is 2.37. The number of thiazole rings is 1. The summed E-state index contributed by atoms with van der Waals surface area (Å²) in [4.78, 5) is 5.90. The molecule has 3 rings (SSSR count). The van der Waals surface area contributed by atoms with E-state index in [0.29, 0.717) is 12.1 Å². The molecule has 0 spiro atoms. The lowest BCUT2D eigenvalue weighted by Crippen LogP contribution is -2.33. The van der Waals surface area contributed by atoms with Crippen molar-refractivity contribution in [1.82, 2.24) is 10.3 Å². The summed E-state index contributed by atoms with van der Waals surface area (Å²) in [5.41, 5.74) is 0. The van der Waals surface area contributed by atoms with E-state index >= 15 is 0 Å². The predicted octanol–water partition coefficient (Wildman–Crippen LogP) is 3.29. The molecule has 0 radical (unpaired) electrons. The van der Waals surface area contributed by atoms with E-state index in [1.165, 1.54) is 35.6 Å². The maximum Gasteiger partial charge on any atom is 0.110 e. The first-order valence-electron chi connectivity index (χ1n) is 6.42. The van der Waals surface area contributed by atoms with Crippen LogP contribution in [0.5, 0.6) is 0 Å². The molecule has 0 aromatic carbocycles. The van der Waals surface area contributed by atoms with Gasteiger partial charge in [-0.1, -0.05) is 0 Å². The summed E-state index contributed by atoms with van der Waals surface area (Å²) in [7, 11) is 0. The summed E-state index contributed by atoms with van der Waals surface area (Å²) in [6.45, 7) is 4.49. The number of rotatable bonds is 5. The van der Waals surface area contributed by atoms with Gasteiger partial charge >= 0.3 is 0 Å². The van der Waals surface area contributed by atoms with Gasteiger partial charge in [0, 0.05) is 17.1 Å². The van der Waals surface area contributed by atoms with E-state index in [0.717, 1.165) is 11.8 Å². The number of hydrogen-bond donors (Lipinski definition) is 1. The van der Waals surface area contributed by atoms with Crippen molar-refractivity contribution in [3.63, 3.8) is 0 Å². The maximum atomic E-state index is 4.57. The summed E-state index contributed by atoms with van der Waals surface area (Å²) in [5, 5.41) is 5.13. The van der Waals surface area contributed by atoms with Gasteiger partial charge in [-0.2, -0.15) is 0 Å². The number of nitrogens with zero attached hydrogens (tertiary/aromatic N) is 1. The molecule has 1 heterocycles. The highest BCUT2D eigenvalue weighted by atomic mass is 32.1. The topological polar surface area (TPSA) is 24.9 Å². The lowest BCUT2D eigenvalue weighted by molar-refractivity contribution is 0.391. The van der Waals surface area contributed by atoms with Gasteiger partial charge in [-0.15, -0.1) is 11.3 Å². The molecule has 2 saturated carbocycles. The Morgan fingerprint density at radius 3 is 2.50 bits per heavy atom. The van der Waals surface area contributed by atoms with Crippen LogP contribution in [-0.2, 0) is 0 Å². The zero-order valence-electron chi connectivity index (χ0n) is 10.1. The van der Waals surface area contributed by atoms with Crippen molar-refractivity contribution in [3.8, 4) is 0 Å². The summed E-state index contributed by atoms with van der Waals surface area (Å²) < 4.78 is 0. The Kier molecular flexibility index (Phi) is 2.76. The number of aryl methyl sites for hydroxylation is 1. The van der Waals surface area contributed by atoms with Gasteiger partial charge < -0.3 is 5.32 Å². The Morgan fingerprint density at radius 1 is 1.31 bits per heavy atom. The fraction of sp³-hybridized carbons (Fsp3) is 0.769. The van der Waals surface area contributed by atoms with Crippen LogP contribution >= 0.6 is 11.3 Å². The average Bonchev–Trinajstić information content (AvgIpc) is 3.13. The maximum absolute atomic E-state index is 4.57. The van der Waals surface area contributed by atoms with Crippen molar-refractivity contribution in [1.29, 1.82) is 0 Å². The van der Waals surface area contributed by atoms with E-state index in [-0.39, 0.29) is 0 Å². The second-order valence-electron chi connectivity index (χ2n) is 5.42. The van der Waals surface area contributed by atoms with E-state index < -0.39 is 0 Å². The molecule has 2 nitrogen and oxygen atoms in total. The molecule has 0 bridgehead atoms. The fourth-order valence-electron chi connectivity index (χ4n) is 2.37. The Balaban J connectivity index is 1.70. The van der Waals surface area contributed by atoms with Gasteiger partial charge in [-0.3, -0.25) is 0 Å². The fourth-order valence-corrected chi connectivity index (χ4v) is 3.30. The van der Waals surface area contributed by atoms with Gasteiger partial charge in [0.2, 0.25) is 0 Å². The molecule has 2 aliphatic rings. The van der Waals surface area contributed by atoms with Gasteiger partial charge in [-0.25, -0.2) is 4.98 Å². The summed E-state index contributed by atoms with van der Waals surface area (Å²) in [6.07, 6.45) is 7.62. The number of hydrogen-bond acceptors (Lipinski definition) is 3. The van der Waals surface area contributed by atoms with Gasteiger partial charge in [0.1, 0.15) is 5.01 Å². The summed E-state index contributed by atoms with van der Waals surface area (Å²) in [5.74, 6) is 1.79. The number of nitrogens with one attached hydrogen (secondary N) is 1. The van der Waals surface area contributed by atoms with Crippen LogP contribution in [0.2, 0.25) is 0 Å².